The number of benzene rings is 2. The molecule has 1 N–H and O–H groups in total. The van der Waals surface area contributed by atoms with Crippen molar-refractivity contribution in [1.29, 1.82) is 0 Å². The summed E-state index contributed by atoms with van der Waals surface area (Å²) in [6, 6.07) is 5.59. The van der Waals surface area contributed by atoms with Crippen LogP contribution in [0.2, 0.25) is 0 Å². The fourth-order valence-electron chi connectivity index (χ4n) is 2.38. The SMILES string of the molecule is O=[N+]([O-])c1ccccc1CS(=O)(=O)NCc1cc(C(F)(F)F)cc(C(F)(F)F)c1. The molecule has 0 aromatic heterocycles. The molecule has 13 heteroatoms. The Morgan fingerprint density at radius 3 is 1.93 bits per heavy atom. The zero-order valence-corrected chi connectivity index (χ0v) is 15.0. The zero-order chi connectivity index (χ0) is 22.0. The minimum Gasteiger partial charge on any atom is -0.258 e. The van der Waals surface area contributed by atoms with Gasteiger partial charge in [0.2, 0.25) is 10.0 Å². The number of nitro benzene ring substituents is 1. The Hall–Kier alpha value is -2.67. The average Bonchev–Trinajstić information content (AvgIpc) is 2.58. The Kier molecular flexibility index (Phi) is 6.23. The van der Waals surface area contributed by atoms with Crippen LogP contribution in [0.4, 0.5) is 32.0 Å². The van der Waals surface area contributed by atoms with E-state index in [1.165, 1.54) is 18.2 Å². The van der Waals surface area contributed by atoms with Crippen LogP contribution < -0.4 is 4.72 Å². The van der Waals surface area contributed by atoms with Gasteiger partial charge in [0.05, 0.1) is 21.8 Å². The first kappa shape index (κ1) is 22.6. The lowest BCUT2D eigenvalue weighted by Gasteiger charge is -2.14. The molecule has 0 saturated carbocycles. The van der Waals surface area contributed by atoms with Gasteiger partial charge in [-0.05, 0) is 23.8 Å². The summed E-state index contributed by atoms with van der Waals surface area (Å²) in [6.45, 7) is -0.865. The summed E-state index contributed by atoms with van der Waals surface area (Å²) >= 11 is 0. The van der Waals surface area contributed by atoms with Crippen LogP contribution >= 0.6 is 0 Å². The lowest BCUT2D eigenvalue weighted by atomic mass is 10.0. The molecule has 0 atom stereocenters. The van der Waals surface area contributed by atoms with Crippen molar-refractivity contribution >= 4 is 15.7 Å². The smallest absolute Gasteiger partial charge is 0.258 e. The van der Waals surface area contributed by atoms with Crippen LogP contribution in [-0.4, -0.2) is 13.3 Å². The van der Waals surface area contributed by atoms with Crippen molar-refractivity contribution in [3.05, 3.63) is 74.8 Å². The van der Waals surface area contributed by atoms with Crippen LogP contribution in [0, 0.1) is 10.1 Å². The second-order valence-corrected chi connectivity index (χ2v) is 7.69. The molecule has 6 nitrogen and oxygen atoms in total. The molecular formula is C16H12F6N2O4S. The summed E-state index contributed by atoms with van der Waals surface area (Å²) < 4.78 is 103. The van der Waals surface area contributed by atoms with Crippen LogP contribution in [0.1, 0.15) is 22.3 Å². The van der Waals surface area contributed by atoms with E-state index in [-0.39, 0.29) is 11.6 Å². The van der Waals surface area contributed by atoms with Gasteiger partial charge in [-0.3, -0.25) is 10.1 Å². The Morgan fingerprint density at radius 2 is 1.45 bits per heavy atom. The summed E-state index contributed by atoms with van der Waals surface area (Å²) in [5.74, 6) is -0.880. The van der Waals surface area contributed by atoms with Gasteiger partial charge >= 0.3 is 12.4 Å². The maximum Gasteiger partial charge on any atom is 0.416 e. The van der Waals surface area contributed by atoms with Gasteiger partial charge in [0, 0.05) is 18.2 Å². The maximum absolute atomic E-state index is 12.8. The van der Waals surface area contributed by atoms with Gasteiger partial charge in [0.1, 0.15) is 0 Å². The topological polar surface area (TPSA) is 89.3 Å². The molecule has 2 aromatic carbocycles. The molecule has 29 heavy (non-hydrogen) atoms. The second-order valence-electron chi connectivity index (χ2n) is 5.88. The molecule has 0 aliphatic carbocycles. The van der Waals surface area contributed by atoms with Gasteiger partial charge in [-0.15, -0.1) is 0 Å². The minimum atomic E-state index is -5.07. The molecule has 0 heterocycles. The number of alkyl halides is 6. The number of halogens is 6. The highest BCUT2D eigenvalue weighted by atomic mass is 32.2. The summed E-state index contributed by atoms with van der Waals surface area (Å²) in [5, 5.41) is 10.9. The normalized spacial score (nSPS) is 12.8. The Balaban J connectivity index is 2.27. The van der Waals surface area contributed by atoms with Crippen molar-refractivity contribution in [2.24, 2.45) is 0 Å². The van der Waals surface area contributed by atoms with E-state index in [2.05, 4.69) is 0 Å². The van der Waals surface area contributed by atoms with E-state index in [0.29, 0.717) is 12.1 Å². The van der Waals surface area contributed by atoms with Gasteiger partial charge in [0.15, 0.2) is 0 Å². The number of nitrogens with zero attached hydrogens (tertiary/aromatic N) is 1. The molecule has 0 radical (unpaired) electrons. The molecular weight excluding hydrogens is 430 g/mol. The van der Waals surface area contributed by atoms with Crippen LogP contribution in [0.3, 0.4) is 0 Å². The van der Waals surface area contributed by atoms with Crippen molar-refractivity contribution < 1.29 is 39.7 Å². The van der Waals surface area contributed by atoms with Crippen molar-refractivity contribution in [2.75, 3.05) is 0 Å². The standard InChI is InChI=1S/C16H12F6N2O4S/c17-15(18,19)12-5-10(6-13(7-12)16(20,21)22)8-23-29(27,28)9-11-3-1-2-4-14(11)24(25)26/h1-7,23H,8-9H2. The molecule has 0 saturated heterocycles. The molecule has 158 valence electrons. The maximum atomic E-state index is 12.8. The minimum absolute atomic E-state index is 0.0780. The highest BCUT2D eigenvalue weighted by Gasteiger charge is 2.37. The number of para-hydroxylation sites is 1. The number of hydrogen-bond acceptors (Lipinski definition) is 4. The molecule has 0 spiro atoms. The third-order valence-corrected chi connectivity index (χ3v) is 4.95. The lowest BCUT2D eigenvalue weighted by molar-refractivity contribution is -0.385. The molecule has 0 fully saturated rings. The third kappa shape index (κ3) is 6.15. The largest absolute Gasteiger partial charge is 0.416 e. The highest BCUT2D eigenvalue weighted by Crippen LogP contribution is 2.36. The molecule has 0 bridgehead atoms. The van der Waals surface area contributed by atoms with Gasteiger partial charge in [-0.2, -0.15) is 26.3 Å². The summed E-state index contributed by atoms with van der Waals surface area (Å²) in [4.78, 5) is 10.1. The third-order valence-electron chi connectivity index (χ3n) is 3.68. The number of hydrogen-bond donors (Lipinski definition) is 1. The van der Waals surface area contributed by atoms with Crippen LogP contribution in [0.25, 0.3) is 0 Å². The van der Waals surface area contributed by atoms with E-state index in [4.69, 9.17) is 0 Å². The van der Waals surface area contributed by atoms with E-state index >= 15 is 0 Å². The first-order valence-corrected chi connectivity index (χ1v) is 9.32. The summed E-state index contributed by atoms with van der Waals surface area (Å²) in [7, 11) is -4.30. The number of nitrogens with one attached hydrogen (secondary N) is 1. The average molecular weight is 442 g/mol. The number of sulfonamides is 1. The van der Waals surface area contributed by atoms with Gasteiger partial charge < -0.3 is 0 Å². The summed E-state index contributed by atoms with van der Waals surface area (Å²) in [6.07, 6.45) is -10.1. The summed E-state index contributed by atoms with van der Waals surface area (Å²) in [5.41, 5.74) is -4.42. The van der Waals surface area contributed by atoms with Gasteiger partial charge in [-0.25, -0.2) is 13.1 Å². The van der Waals surface area contributed by atoms with Gasteiger partial charge in [0.25, 0.3) is 5.69 Å². The van der Waals surface area contributed by atoms with E-state index in [9.17, 15) is 44.9 Å². The zero-order valence-electron chi connectivity index (χ0n) is 14.2. The van der Waals surface area contributed by atoms with Crippen LogP contribution in [-0.2, 0) is 34.7 Å². The molecule has 0 aliphatic rings. The van der Waals surface area contributed by atoms with Crippen molar-refractivity contribution in [3.63, 3.8) is 0 Å². The molecule has 0 aliphatic heterocycles. The Labute approximate surface area is 160 Å². The van der Waals surface area contributed by atoms with Crippen molar-refractivity contribution in [2.45, 2.75) is 24.7 Å². The monoisotopic (exact) mass is 442 g/mol. The van der Waals surface area contributed by atoms with Crippen molar-refractivity contribution in [1.82, 2.24) is 4.72 Å². The lowest BCUT2D eigenvalue weighted by Crippen LogP contribution is -2.25. The number of nitro groups is 1. The van der Waals surface area contributed by atoms with E-state index in [1.807, 2.05) is 4.72 Å². The molecule has 2 aromatic rings. The molecule has 0 unspecified atom stereocenters. The quantitative estimate of drug-likeness (QED) is 0.412. The van der Waals surface area contributed by atoms with E-state index in [0.717, 1.165) is 6.07 Å². The van der Waals surface area contributed by atoms with E-state index in [1.54, 1.807) is 0 Å². The predicted octanol–water partition coefficient (Wildman–Crippen LogP) is 4.25. The first-order valence-electron chi connectivity index (χ1n) is 7.67. The van der Waals surface area contributed by atoms with Crippen LogP contribution in [0.15, 0.2) is 42.5 Å². The number of rotatable bonds is 6. The highest BCUT2D eigenvalue weighted by molar-refractivity contribution is 7.88. The van der Waals surface area contributed by atoms with E-state index < -0.39 is 62.0 Å². The van der Waals surface area contributed by atoms with Crippen molar-refractivity contribution in [3.8, 4) is 0 Å². The second kappa shape index (κ2) is 7.99. The first-order chi connectivity index (χ1) is 13.2. The Morgan fingerprint density at radius 1 is 0.931 bits per heavy atom. The van der Waals surface area contributed by atoms with Gasteiger partial charge in [-0.1, -0.05) is 18.2 Å². The fourth-order valence-corrected chi connectivity index (χ4v) is 3.52. The molecule has 0 amide bonds. The molecule has 2 rings (SSSR count). The van der Waals surface area contributed by atoms with Crippen LogP contribution in [0.5, 0.6) is 0 Å². The fraction of sp³-hybridized carbons (Fsp3) is 0.250. The predicted molar refractivity (Wildman–Crippen MR) is 89.0 cm³/mol. The Bertz CT molecular complexity index is 987.